The second-order valence-corrected chi connectivity index (χ2v) is 9.69. The van der Waals surface area contributed by atoms with Crippen molar-refractivity contribution in [3.8, 4) is 40.1 Å². The fourth-order valence-corrected chi connectivity index (χ4v) is 4.81. The maximum atomic E-state index is 12.7. The molecule has 0 spiro atoms. The first-order valence-electron chi connectivity index (χ1n) is 12.7. The minimum Gasteiger partial charge on any atom is -0.494 e. The highest BCUT2D eigenvalue weighted by Gasteiger charge is 2.22. The fourth-order valence-electron chi connectivity index (χ4n) is 4.56. The van der Waals surface area contributed by atoms with Crippen molar-refractivity contribution in [1.82, 2.24) is 14.9 Å². The number of aromatic nitrogens is 2. The first-order chi connectivity index (χ1) is 19.4. The Labute approximate surface area is 235 Å². The van der Waals surface area contributed by atoms with Crippen LogP contribution < -0.4 is 9.47 Å². The average Bonchev–Trinajstić information content (AvgIpc) is 3.41. The first-order valence-corrected chi connectivity index (χ1v) is 13.1. The van der Waals surface area contributed by atoms with Crippen LogP contribution in [0.15, 0.2) is 47.1 Å². The third-order valence-electron chi connectivity index (χ3n) is 6.68. The number of halogens is 1. The Kier molecular flexibility index (Phi) is 8.16. The van der Waals surface area contributed by atoms with E-state index in [2.05, 4.69) is 16.0 Å². The molecule has 1 fully saturated rings. The van der Waals surface area contributed by atoms with Crippen molar-refractivity contribution < 1.29 is 28.5 Å². The van der Waals surface area contributed by atoms with E-state index in [0.717, 1.165) is 12.8 Å². The third kappa shape index (κ3) is 5.45. The van der Waals surface area contributed by atoms with Crippen molar-refractivity contribution in [2.45, 2.75) is 18.9 Å². The number of aliphatic hydroxyl groups is 1. The largest absolute Gasteiger partial charge is 0.494 e. The lowest BCUT2D eigenvalue weighted by molar-refractivity contribution is 0.0254. The number of aliphatic hydroxyl groups excluding tert-OH is 1. The molecule has 1 aliphatic heterocycles. The van der Waals surface area contributed by atoms with Gasteiger partial charge in [-0.1, -0.05) is 17.7 Å². The first kappa shape index (κ1) is 27.4. The van der Waals surface area contributed by atoms with Gasteiger partial charge in [0.2, 0.25) is 0 Å². The third-order valence-corrected chi connectivity index (χ3v) is 6.97. The SMILES string of the molecule is COc1cc(C(=O)N(C)CCO)cnc1-c1cc2ncc(Cl)c(-c3ccc(OC4CCOCC4)c(C#N)c3)c2o1. The second kappa shape index (κ2) is 11.9. The number of amides is 1. The summed E-state index contributed by atoms with van der Waals surface area (Å²) in [6.45, 7) is 1.31. The van der Waals surface area contributed by atoms with E-state index in [0.29, 0.717) is 74.5 Å². The summed E-state index contributed by atoms with van der Waals surface area (Å²) in [4.78, 5) is 22.9. The Bertz CT molecular complexity index is 1590. The molecule has 0 aliphatic carbocycles. The number of rotatable bonds is 8. The number of nitriles is 1. The minimum atomic E-state index is -0.302. The highest BCUT2D eigenvalue weighted by atomic mass is 35.5. The van der Waals surface area contributed by atoms with Crippen molar-refractivity contribution in [1.29, 1.82) is 5.26 Å². The van der Waals surface area contributed by atoms with E-state index in [1.165, 1.54) is 24.4 Å². The average molecular weight is 563 g/mol. The van der Waals surface area contributed by atoms with Gasteiger partial charge in [-0.15, -0.1) is 0 Å². The quantitative estimate of drug-likeness (QED) is 0.324. The maximum Gasteiger partial charge on any atom is 0.255 e. The smallest absolute Gasteiger partial charge is 0.255 e. The van der Waals surface area contributed by atoms with Gasteiger partial charge in [-0.2, -0.15) is 5.26 Å². The number of benzene rings is 1. The summed E-state index contributed by atoms with van der Waals surface area (Å²) in [6, 6.07) is 10.8. The van der Waals surface area contributed by atoms with Gasteiger partial charge in [-0.05, 0) is 23.8 Å². The number of hydrogen-bond donors (Lipinski definition) is 1. The summed E-state index contributed by atoms with van der Waals surface area (Å²) in [5.41, 5.74) is 3.25. The van der Waals surface area contributed by atoms with Gasteiger partial charge in [0.05, 0.1) is 43.1 Å². The molecular formula is C29H27ClN4O6. The number of carbonyl (C=O) groups is 1. The molecule has 0 bridgehead atoms. The van der Waals surface area contributed by atoms with Crippen molar-refractivity contribution in [3.63, 3.8) is 0 Å². The number of methoxy groups -OCH3 is 1. The Morgan fingerprint density at radius 3 is 2.73 bits per heavy atom. The second-order valence-electron chi connectivity index (χ2n) is 9.28. The van der Waals surface area contributed by atoms with Crippen LogP contribution in [0.5, 0.6) is 11.5 Å². The van der Waals surface area contributed by atoms with Crippen LogP contribution in [0, 0.1) is 11.3 Å². The maximum absolute atomic E-state index is 12.7. The highest BCUT2D eigenvalue weighted by Crippen LogP contribution is 2.40. The molecule has 5 rings (SSSR count). The van der Waals surface area contributed by atoms with Crippen LogP contribution in [-0.4, -0.2) is 72.5 Å². The normalized spacial score (nSPS) is 13.7. The molecule has 1 saturated heterocycles. The molecule has 0 radical (unpaired) electrons. The Hall–Kier alpha value is -4.17. The van der Waals surface area contributed by atoms with E-state index in [1.807, 2.05) is 6.07 Å². The van der Waals surface area contributed by atoms with Crippen LogP contribution in [0.3, 0.4) is 0 Å². The minimum absolute atomic E-state index is 0.00482. The van der Waals surface area contributed by atoms with E-state index < -0.39 is 0 Å². The van der Waals surface area contributed by atoms with E-state index in [-0.39, 0.29) is 25.2 Å². The number of furan rings is 1. The fraction of sp³-hybridized carbons (Fsp3) is 0.310. The summed E-state index contributed by atoms with van der Waals surface area (Å²) >= 11 is 6.60. The molecule has 1 aliphatic rings. The number of pyridine rings is 2. The predicted octanol–water partition coefficient (Wildman–Crippen LogP) is 4.71. The van der Waals surface area contributed by atoms with Crippen molar-refractivity contribution in [2.75, 3.05) is 40.5 Å². The van der Waals surface area contributed by atoms with Gasteiger partial charge in [-0.25, -0.2) is 4.98 Å². The monoisotopic (exact) mass is 562 g/mol. The Balaban J connectivity index is 1.52. The van der Waals surface area contributed by atoms with Gasteiger partial charge < -0.3 is 28.6 Å². The zero-order chi connectivity index (χ0) is 28.2. The number of hydrogen-bond acceptors (Lipinski definition) is 9. The number of ether oxygens (including phenoxy) is 3. The van der Waals surface area contributed by atoms with Crippen LogP contribution in [0.4, 0.5) is 0 Å². The standard InChI is InChI=1S/C29H27ClN4O6/c1-34(7-8-35)29(36)19-12-24(37-2)27(33-15-19)25-13-22-28(40-25)26(21(30)16-32-22)17-3-4-23(18(11-17)14-31)39-20-5-9-38-10-6-20/h3-4,11-13,15-16,20,35H,5-10H2,1-2H3. The number of likely N-dealkylation sites (N-methyl/N-ethyl adjacent to an activating group) is 1. The lowest BCUT2D eigenvalue weighted by Crippen LogP contribution is -2.29. The van der Waals surface area contributed by atoms with Crippen molar-refractivity contribution in [3.05, 3.63) is 58.9 Å². The lowest BCUT2D eigenvalue weighted by atomic mass is 10.0. The molecule has 11 heteroatoms. The topological polar surface area (TPSA) is 131 Å². The predicted molar refractivity (Wildman–Crippen MR) is 147 cm³/mol. The van der Waals surface area contributed by atoms with E-state index in [4.69, 9.17) is 35.3 Å². The molecule has 0 unspecified atom stereocenters. The van der Waals surface area contributed by atoms with Crippen molar-refractivity contribution >= 4 is 28.6 Å². The molecule has 0 saturated carbocycles. The van der Waals surface area contributed by atoms with Gasteiger partial charge in [-0.3, -0.25) is 9.78 Å². The van der Waals surface area contributed by atoms with Gasteiger partial charge >= 0.3 is 0 Å². The highest BCUT2D eigenvalue weighted by molar-refractivity contribution is 6.34. The molecule has 0 atom stereocenters. The van der Waals surface area contributed by atoms with Crippen LogP contribution in [0.2, 0.25) is 5.02 Å². The molecule has 1 aromatic carbocycles. The lowest BCUT2D eigenvalue weighted by Gasteiger charge is -2.24. The van der Waals surface area contributed by atoms with E-state index >= 15 is 0 Å². The zero-order valence-electron chi connectivity index (χ0n) is 22.0. The Morgan fingerprint density at radius 1 is 1.20 bits per heavy atom. The summed E-state index contributed by atoms with van der Waals surface area (Å²) in [5.74, 6) is 0.902. The Morgan fingerprint density at radius 2 is 2.00 bits per heavy atom. The van der Waals surface area contributed by atoms with Crippen LogP contribution in [-0.2, 0) is 4.74 Å². The summed E-state index contributed by atoms with van der Waals surface area (Å²) < 4.78 is 23.2. The molecule has 40 heavy (non-hydrogen) atoms. The molecule has 4 aromatic rings. The molecule has 3 aromatic heterocycles. The molecule has 206 valence electrons. The van der Waals surface area contributed by atoms with Crippen molar-refractivity contribution in [2.24, 2.45) is 0 Å². The zero-order valence-corrected chi connectivity index (χ0v) is 22.8. The van der Waals surface area contributed by atoms with Crippen LogP contribution >= 0.6 is 11.6 Å². The number of nitrogens with zero attached hydrogens (tertiary/aromatic N) is 4. The van der Waals surface area contributed by atoms with Crippen LogP contribution in [0.25, 0.3) is 33.7 Å². The van der Waals surface area contributed by atoms with Gasteiger partial charge in [0, 0.05) is 50.5 Å². The summed E-state index contributed by atoms with van der Waals surface area (Å²) in [7, 11) is 3.07. The summed E-state index contributed by atoms with van der Waals surface area (Å²) in [6.07, 6.45) is 4.49. The summed E-state index contributed by atoms with van der Waals surface area (Å²) in [5, 5.41) is 19.3. The molecule has 10 nitrogen and oxygen atoms in total. The molecule has 1 N–H and O–H groups in total. The van der Waals surface area contributed by atoms with E-state index in [9.17, 15) is 10.1 Å². The molecule has 4 heterocycles. The van der Waals surface area contributed by atoms with Gasteiger partial charge in [0.1, 0.15) is 34.9 Å². The van der Waals surface area contributed by atoms with Gasteiger partial charge in [0.25, 0.3) is 5.91 Å². The van der Waals surface area contributed by atoms with E-state index in [1.54, 1.807) is 31.3 Å². The molecule has 1 amide bonds. The van der Waals surface area contributed by atoms with Gasteiger partial charge in [0.15, 0.2) is 11.3 Å². The number of fused-ring (bicyclic) bond motifs is 1. The number of carbonyl (C=O) groups excluding carboxylic acids is 1. The van der Waals surface area contributed by atoms with Crippen LogP contribution in [0.1, 0.15) is 28.8 Å². The molecular weight excluding hydrogens is 536 g/mol.